The largest absolute Gasteiger partial charge is 0.478 e. The number of hydrogen-bond acceptors (Lipinski definition) is 2. The van der Waals surface area contributed by atoms with Gasteiger partial charge in [-0.25, -0.2) is 18.6 Å². The van der Waals surface area contributed by atoms with E-state index >= 15 is 0 Å². The highest BCUT2D eigenvalue weighted by Gasteiger charge is 2.11. The zero-order valence-corrected chi connectivity index (χ0v) is 8.65. The summed E-state index contributed by atoms with van der Waals surface area (Å²) in [4.78, 5) is 14.5. The first kappa shape index (κ1) is 11.3. The van der Waals surface area contributed by atoms with E-state index in [1.807, 2.05) is 0 Å². The molecule has 2 aromatic rings. The molecule has 1 N–H and O–H groups in total. The van der Waals surface area contributed by atoms with Crippen LogP contribution in [-0.4, -0.2) is 20.6 Å². The van der Waals surface area contributed by atoms with Crippen LogP contribution in [0.25, 0.3) is 11.0 Å². The van der Waals surface area contributed by atoms with Crippen molar-refractivity contribution in [1.29, 1.82) is 0 Å². The molecule has 0 aliphatic heterocycles. The molecule has 1 heterocycles. The van der Waals surface area contributed by atoms with Gasteiger partial charge in [0.25, 0.3) is 0 Å². The van der Waals surface area contributed by atoms with Crippen LogP contribution in [0.3, 0.4) is 0 Å². The van der Waals surface area contributed by atoms with Gasteiger partial charge in [0.05, 0.1) is 23.9 Å². The fraction of sp³-hybridized carbons (Fsp3) is 0.0909. The number of nitrogens with zero attached hydrogens (tertiary/aromatic N) is 2. The lowest BCUT2D eigenvalue weighted by atomic mass is 10.2. The van der Waals surface area contributed by atoms with Crippen LogP contribution in [0.2, 0.25) is 0 Å². The molecule has 0 unspecified atom stereocenters. The first-order valence-electron chi connectivity index (χ1n) is 4.70. The molecule has 88 valence electrons. The number of carboxylic acid groups (broad SMARTS) is 1. The van der Waals surface area contributed by atoms with Gasteiger partial charge in [-0.05, 0) is 0 Å². The maximum absolute atomic E-state index is 13.0. The predicted molar refractivity (Wildman–Crippen MR) is 56.4 cm³/mol. The topological polar surface area (TPSA) is 55.1 Å². The van der Waals surface area contributed by atoms with Crippen LogP contribution in [0.5, 0.6) is 0 Å². The Bertz CT molecular complexity index is 619. The third kappa shape index (κ3) is 2.01. The van der Waals surface area contributed by atoms with Gasteiger partial charge in [0.1, 0.15) is 0 Å². The summed E-state index contributed by atoms with van der Waals surface area (Å²) in [5.41, 5.74) is 0.530. The molecular formula is C11H8F2N2O2. The molecule has 0 aliphatic carbocycles. The van der Waals surface area contributed by atoms with E-state index in [2.05, 4.69) is 11.6 Å². The second-order valence-corrected chi connectivity index (χ2v) is 3.54. The van der Waals surface area contributed by atoms with Crippen LogP contribution in [0.1, 0.15) is 0 Å². The standard InChI is InChI=1S/C11H8F2N2O2/c1-6(11(16)17)4-15-5-14-9-2-7(12)8(13)3-10(9)15/h2-3,5H,1,4H2,(H,16,17). The number of carboxylic acids is 1. The highest BCUT2D eigenvalue weighted by atomic mass is 19.2. The number of carbonyl (C=O) groups is 1. The van der Waals surface area contributed by atoms with E-state index in [0.717, 1.165) is 12.1 Å². The number of halogens is 2. The summed E-state index contributed by atoms with van der Waals surface area (Å²) in [6.45, 7) is 3.33. The van der Waals surface area contributed by atoms with Gasteiger partial charge in [-0.15, -0.1) is 0 Å². The van der Waals surface area contributed by atoms with Gasteiger partial charge >= 0.3 is 5.97 Å². The first-order valence-corrected chi connectivity index (χ1v) is 4.70. The van der Waals surface area contributed by atoms with Crippen molar-refractivity contribution in [3.8, 4) is 0 Å². The number of hydrogen-bond donors (Lipinski definition) is 1. The van der Waals surface area contributed by atoms with Crippen LogP contribution in [0, 0.1) is 11.6 Å². The van der Waals surface area contributed by atoms with Gasteiger partial charge in [0.15, 0.2) is 11.6 Å². The monoisotopic (exact) mass is 238 g/mol. The molecule has 0 saturated carbocycles. The van der Waals surface area contributed by atoms with E-state index < -0.39 is 17.6 Å². The number of benzene rings is 1. The summed E-state index contributed by atoms with van der Waals surface area (Å²) < 4.78 is 27.4. The fourth-order valence-electron chi connectivity index (χ4n) is 1.45. The number of fused-ring (bicyclic) bond motifs is 1. The SMILES string of the molecule is C=C(Cn1cnc2cc(F)c(F)cc21)C(=O)O. The lowest BCUT2D eigenvalue weighted by Gasteiger charge is -2.03. The van der Waals surface area contributed by atoms with E-state index in [-0.39, 0.29) is 17.6 Å². The van der Waals surface area contributed by atoms with E-state index in [9.17, 15) is 13.6 Å². The molecule has 4 nitrogen and oxygen atoms in total. The molecular weight excluding hydrogens is 230 g/mol. The van der Waals surface area contributed by atoms with Crippen LogP contribution in [0.15, 0.2) is 30.6 Å². The molecule has 1 aromatic carbocycles. The van der Waals surface area contributed by atoms with Crippen molar-refractivity contribution < 1.29 is 18.7 Å². The molecule has 0 amide bonds. The second kappa shape index (κ2) is 3.97. The molecule has 0 atom stereocenters. The maximum atomic E-state index is 13.0. The van der Waals surface area contributed by atoms with Crippen LogP contribution in [-0.2, 0) is 11.3 Å². The van der Waals surface area contributed by atoms with Crippen molar-refractivity contribution in [2.24, 2.45) is 0 Å². The van der Waals surface area contributed by atoms with Crippen molar-refractivity contribution in [2.75, 3.05) is 0 Å². The van der Waals surface area contributed by atoms with Crippen LogP contribution >= 0.6 is 0 Å². The van der Waals surface area contributed by atoms with Gasteiger partial charge in [-0.1, -0.05) is 6.58 Å². The van der Waals surface area contributed by atoms with Crippen molar-refractivity contribution in [3.05, 3.63) is 42.2 Å². The molecule has 1 aromatic heterocycles. The zero-order valence-electron chi connectivity index (χ0n) is 8.65. The molecule has 0 bridgehead atoms. The Labute approximate surface area is 94.8 Å². The molecule has 0 radical (unpaired) electrons. The lowest BCUT2D eigenvalue weighted by Crippen LogP contribution is -2.07. The maximum Gasteiger partial charge on any atom is 0.332 e. The van der Waals surface area contributed by atoms with E-state index in [0.29, 0.717) is 5.52 Å². The van der Waals surface area contributed by atoms with Crippen LogP contribution in [0.4, 0.5) is 8.78 Å². The minimum atomic E-state index is -1.14. The Kier molecular flexibility index (Phi) is 2.63. The summed E-state index contributed by atoms with van der Waals surface area (Å²) in [6, 6.07) is 1.94. The number of aliphatic carboxylic acids is 1. The summed E-state index contributed by atoms with van der Waals surface area (Å²) in [5.74, 6) is -3.13. The Balaban J connectivity index is 2.46. The van der Waals surface area contributed by atoms with E-state index in [1.54, 1.807) is 0 Å². The van der Waals surface area contributed by atoms with Crippen molar-refractivity contribution in [2.45, 2.75) is 6.54 Å². The molecule has 2 rings (SSSR count). The highest BCUT2D eigenvalue weighted by molar-refractivity contribution is 5.86. The van der Waals surface area contributed by atoms with E-state index in [4.69, 9.17) is 5.11 Å². The first-order chi connectivity index (χ1) is 7.99. The number of imidazole rings is 1. The lowest BCUT2D eigenvalue weighted by molar-refractivity contribution is -0.132. The average Bonchev–Trinajstić information content (AvgIpc) is 2.62. The minimum absolute atomic E-state index is 0.0308. The molecule has 0 fully saturated rings. The van der Waals surface area contributed by atoms with Gasteiger partial charge in [0.2, 0.25) is 0 Å². The Morgan fingerprint density at radius 3 is 2.71 bits per heavy atom. The fourth-order valence-corrected chi connectivity index (χ4v) is 1.45. The summed E-state index contributed by atoms with van der Waals surface area (Å²) in [6.07, 6.45) is 1.32. The summed E-state index contributed by atoms with van der Waals surface area (Å²) in [7, 11) is 0. The highest BCUT2D eigenvalue weighted by Crippen LogP contribution is 2.18. The minimum Gasteiger partial charge on any atom is -0.478 e. The Hall–Kier alpha value is -2.24. The molecule has 0 saturated heterocycles. The van der Waals surface area contributed by atoms with Gasteiger partial charge in [-0.2, -0.15) is 0 Å². The number of rotatable bonds is 3. The summed E-state index contributed by atoms with van der Waals surface area (Å²) >= 11 is 0. The van der Waals surface area contributed by atoms with Gasteiger partial charge in [0, 0.05) is 17.7 Å². The number of aromatic nitrogens is 2. The molecule has 0 spiro atoms. The molecule has 0 aliphatic rings. The normalized spacial score (nSPS) is 10.7. The van der Waals surface area contributed by atoms with E-state index in [1.165, 1.54) is 10.9 Å². The smallest absolute Gasteiger partial charge is 0.332 e. The van der Waals surface area contributed by atoms with Gasteiger partial charge in [-0.3, -0.25) is 0 Å². The third-order valence-corrected chi connectivity index (χ3v) is 2.33. The second-order valence-electron chi connectivity index (χ2n) is 3.54. The third-order valence-electron chi connectivity index (χ3n) is 2.33. The molecule has 17 heavy (non-hydrogen) atoms. The van der Waals surface area contributed by atoms with Gasteiger partial charge < -0.3 is 9.67 Å². The molecule has 6 heteroatoms. The Morgan fingerprint density at radius 1 is 1.41 bits per heavy atom. The van der Waals surface area contributed by atoms with Crippen molar-refractivity contribution in [1.82, 2.24) is 9.55 Å². The predicted octanol–water partition coefficient (Wildman–Crippen LogP) is 1.96. The zero-order chi connectivity index (χ0) is 12.6. The quantitative estimate of drug-likeness (QED) is 0.831. The van der Waals surface area contributed by atoms with Crippen molar-refractivity contribution in [3.63, 3.8) is 0 Å². The summed E-state index contributed by atoms with van der Waals surface area (Å²) in [5, 5.41) is 8.68. The van der Waals surface area contributed by atoms with Crippen molar-refractivity contribution >= 4 is 17.0 Å². The van der Waals surface area contributed by atoms with Crippen LogP contribution < -0.4 is 0 Å². The Morgan fingerprint density at radius 2 is 2.06 bits per heavy atom. The average molecular weight is 238 g/mol.